The Morgan fingerprint density at radius 1 is 1.13 bits per heavy atom. The predicted octanol–water partition coefficient (Wildman–Crippen LogP) is 4.71. The molecule has 1 heterocycles. The van der Waals surface area contributed by atoms with Crippen LogP contribution in [-0.4, -0.2) is 16.0 Å². The Kier molecular flexibility index (Phi) is 4.13. The van der Waals surface area contributed by atoms with Crippen LogP contribution in [0.2, 0.25) is 0 Å². The molecule has 1 aliphatic rings. The average Bonchev–Trinajstić information content (AvgIpc) is 3.26. The molecule has 0 unspecified atom stereocenters. The van der Waals surface area contributed by atoms with Gasteiger partial charge in [0.05, 0.1) is 4.47 Å². The van der Waals surface area contributed by atoms with Gasteiger partial charge in [0.25, 0.3) is 0 Å². The van der Waals surface area contributed by atoms with Crippen molar-refractivity contribution in [2.75, 3.05) is 10.6 Å². The minimum Gasteiger partial charge on any atom is -0.351 e. The van der Waals surface area contributed by atoms with Crippen molar-refractivity contribution in [2.45, 2.75) is 25.1 Å². The number of alkyl halides is 3. The topological polar surface area (TPSA) is 49.8 Å². The van der Waals surface area contributed by atoms with E-state index < -0.39 is 17.7 Å². The molecule has 0 saturated heterocycles. The molecule has 2 N–H and O–H groups in total. The Labute approximate surface area is 137 Å². The van der Waals surface area contributed by atoms with Gasteiger partial charge in [-0.15, -0.1) is 0 Å². The van der Waals surface area contributed by atoms with E-state index in [4.69, 9.17) is 0 Å². The van der Waals surface area contributed by atoms with Crippen molar-refractivity contribution < 1.29 is 17.6 Å². The molecule has 122 valence electrons. The Morgan fingerprint density at radius 2 is 1.87 bits per heavy atom. The number of benzene rings is 1. The molecule has 1 fully saturated rings. The number of nitrogens with zero attached hydrogens (tertiary/aromatic N) is 2. The summed E-state index contributed by atoms with van der Waals surface area (Å²) in [6, 6.07) is 5.03. The summed E-state index contributed by atoms with van der Waals surface area (Å²) in [7, 11) is 0. The van der Waals surface area contributed by atoms with Crippen molar-refractivity contribution in [3.8, 4) is 0 Å². The number of anilines is 3. The van der Waals surface area contributed by atoms with Gasteiger partial charge < -0.3 is 10.6 Å². The molecule has 0 aliphatic heterocycles. The molecule has 23 heavy (non-hydrogen) atoms. The molecule has 4 nitrogen and oxygen atoms in total. The summed E-state index contributed by atoms with van der Waals surface area (Å²) in [5.74, 6) is -0.684. The number of aromatic nitrogens is 2. The summed E-state index contributed by atoms with van der Waals surface area (Å²) in [4.78, 5) is 7.50. The molecule has 0 atom stereocenters. The first kappa shape index (κ1) is 16.0. The van der Waals surface area contributed by atoms with E-state index in [9.17, 15) is 17.6 Å². The average molecular weight is 391 g/mol. The van der Waals surface area contributed by atoms with Gasteiger partial charge in [-0.2, -0.15) is 18.2 Å². The number of hydrogen-bond acceptors (Lipinski definition) is 4. The molecule has 1 aliphatic carbocycles. The maximum atomic E-state index is 13.5. The molecular formula is C14H11BrF4N4. The number of halogens is 5. The highest BCUT2D eigenvalue weighted by Gasteiger charge is 2.34. The minimum atomic E-state index is -4.59. The van der Waals surface area contributed by atoms with Gasteiger partial charge in [-0.25, -0.2) is 9.37 Å². The second kappa shape index (κ2) is 5.95. The lowest BCUT2D eigenvalue weighted by Crippen LogP contribution is -2.14. The lowest BCUT2D eigenvalue weighted by atomic mass is 10.3. The molecule has 0 bridgehead atoms. The molecule has 0 spiro atoms. The van der Waals surface area contributed by atoms with E-state index in [0.29, 0.717) is 0 Å². The van der Waals surface area contributed by atoms with Crippen LogP contribution < -0.4 is 10.6 Å². The fourth-order valence-electron chi connectivity index (χ4n) is 1.85. The van der Waals surface area contributed by atoms with Gasteiger partial charge in [0.2, 0.25) is 5.95 Å². The highest BCUT2D eigenvalue weighted by Crippen LogP contribution is 2.32. The summed E-state index contributed by atoms with van der Waals surface area (Å²) in [6.45, 7) is 0. The molecular weight excluding hydrogens is 380 g/mol. The highest BCUT2D eigenvalue weighted by molar-refractivity contribution is 9.10. The first-order chi connectivity index (χ1) is 10.8. The van der Waals surface area contributed by atoms with Crippen molar-refractivity contribution in [1.82, 2.24) is 9.97 Å². The SMILES string of the molecule is Fc1cc(Nc2cc(C(F)(F)F)nc(NC3CC3)n2)ccc1Br. The Balaban J connectivity index is 1.91. The summed E-state index contributed by atoms with van der Waals surface area (Å²) in [5.41, 5.74) is -0.773. The highest BCUT2D eigenvalue weighted by atomic mass is 79.9. The summed E-state index contributed by atoms with van der Waals surface area (Å²) in [5, 5.41) is 5.50. The maximum Gasteiger partial charge on any atom is 0.433 e. The Hall–Kier alpha value is -1.90. The van der Waals surface area contributed by atoms with E-state index in [2.05, 4.69) is 36.5 Å². The second-order valence-corrected chi connectivity index (χ2v) is 5.99. The van der Waals surface area contributed by atoms with Gasteiger partial charge in [-0.3, -0.25) is 0 Å². The number of hydrogen-bond donors (Lipinski definition) is 2. The quantitative estimate of drug-likeness (QED) is 0.741. The predicted molar refractivity (Wildman–Crippen MR) is 81.1 cm³/mol. The van der Waals surface area contributed by atoms with E-state index in [0.717, 1.165) is 25.0 Å². The van der Waals surface area contributed by atoms with Gasteiger partial charge in [0.15, 0.2) is 5.69 Å². The zero-order valence-electron chi connectivity index (χ0n) is 11.6. The molecule has 1 aromatic carbocycles. The number of nitrogens with one attached hydrogen (secondary N) is 2. The van der Waals surface area contributed by atoms with Gasteiger partial charge in [-0.1, -0.05) is 0 Å². The van der Waals surface area contributed by atoms with Crippen molar-refractivity contribution in [3.63, 3.8) is 0 Å². The van der Waals surface area contributed by atoms with Crippen LogP contribution in [0.15, 0.2) is 28.7 Å². The summed E-state index contributed by atoms with van der Waals surface area (Å²) in [6.07, 6.45) is -2.84. The molecule has 1 saturated carbocycles. The van der Waals surface area contributed by atoms with Crippen LogP contribution in [0.4, 0.5) is 35.0 Å². The molecule has 3 rings (SSSR count). The van der Waals surface area contributed by atoms with Crippen molar-refractivity contribution >= 4 is 33.4 Å². The molecule has 2 aromatic rings. The summed E-state index contributed by atoms with van der Waals surface area (Å²) >= 11 is 3.01. The molecule has 1 aromatic heterocycles. The monoisotopic (exact) mass is 390 g/mol. The van der Waals surface area contributed by atoms with Crippen molar-refractivity contribution in [3.05, 3.63) is 40.2 Å². The maximum absolute atomic E-state index is 13.5. The third-order valence-corrected chi connectivity index (χ3v) is 3.76. The molecule has 0 amide bonds. The smallest absolute Gasteiger partial charge is 0.351 e. The fraction of sp³-hybridized carbons (Fsp3) is 0.286. The van der Waals surface area contributed by atoms with Gasteiger partial charge in [-0.05, 0) is 47.0 Å². The minimum absolute atomic E-state index is 0.0582. The van der Waals surface area contributed by atoms with E-state index in [1.54, 1.807) is 0 Å². The number of rotatable bonds is 4. The largest absolute Gasteiger partial charge is 0.433 e. The third-order valence-electron chi connectivity index (χ3n) is 3.12. The van der Waals surface area contributed by atoms with E-state index in [1.165, 1.54) is 12.1 Å². The fourth-order valence-corrected chi connectivity index (χ4v) is 2.10. The van der Waals surface area contributed by atoms with Crippen molar-refractivity contribution in [1.29, 1.82) is 0 Å². The summed E-state index contributed by atoms with van der Waals surface area (Å²) < 4.78 is 52.6. The van der Waals surface area contributed by atoms with Crippen LogP contribution in [0.1, 0.15) is 18.5 Å². The lowest BCUT2D eigenvalue weighted by Gasteiger charge is -2.12. The Morgan fingerprint density at radius 3 is 2.48 bits per heavy atom. The Bertz CT molecular complexity index is 731. The van der Waals surface area contributed by atoms with Gasteiger partial charge >= 0.3 is 6.18 Å². The van der Waals surface area contributed by atoms with E-state index >= 15 is 0 Å². The van der Waals surface area contributed by atoms with Crippen LogP contribution in [0.3, 0.4) is 0 Å². The lowest BCUT2D eigenvalue weighted by molar-refractivity contribution is -0.141. The van der Waals surface area contributed by atoms with Crippen molar-refractivity contribution in [2.24, 2.45) is 0 Å². The standard InChI is InChI=1S/C14H11BrF4N4/c15-9-4-3-8(5-10(9)16)20-12-6-11(14(17,18)19)22-13(23-12)21-7-1-2-7/h3-7H,1-2H2,(H2,20,21,22,23). The van der Waals surface area contributed by atoms with E-state index in [1.807, 2.05) is 0 Å². The van der Waals surface area contributed by atoms with Crippen LogP contribution in [0.5, 0.6) is 0 Å². The first-order valence-corrected chi connectivity index (χ1v) is 7.55. The van der Waals surface area contributed by atoms with Gasteiger partial charge in [0, 0.05) is 17.8 Å². The van der Waals surface area contributed by atoms with Crippen LogP contribution in [0.25, 0.3) is 0 Å². The molecule has 9 heteroatoms. The van der Waals surface area contributed by atoms with Crippen LogP contribution in [-0.2, 0) is 6.18 Å². The second-order valence-electron chi connectivity index (χ2n) is 5.13. The molecule has 0 radical (unpaired) electrons. The van der Waals surface area contributed by atoms with Gasteiger partial charge in [0.1, 0.15) is 11.6 Å². The third kappa shape index (κ3) is 4.10. The zero-order valence-corrected chi connectivity index (χ0v) is 13.2. The normalized spacial score (nSPS) is 14.7. The van der Waals surface area contributed by atoms with Crippen LogP contribution >= 0.6 is 15.9 Å². The first-order valence-electron chi connectivity index (χ1n) is 6.76. The zero-order chi connectivity index (χ0) is 16.6. The van der Waals surface area contributed by atoms with E-state index in [-0.39, 0.29) is 28.0 Å². The van der Waals surface area contributed by atoms with Crippen LogP contribution in [0, 0.1) is 5.82 Å².